The Bertz CT molecular complexity index is 1420. The Hall–Kier alpha value is -2.53. The number of nitrogens with zero attached hydrogens (tertiary/aromatic N) is 3. The second kappa shape index (κ2) is 9.38. The smallest absolute Gasteiger partial charge is 0.278 e. The van der Waals surface area contributed by atoms with Crippen molar-refractivity contribution in [2.75, 3.05) is 19.5 Å². The highest BCUT2D eigenvalue weighted by Crippen LogP contribution is 2.30. The Morgan fingerprint density at radius 1 is 1.24 bits per heavy atom. The van der Waals surface area contributed by atoms with E-state index in [4.69, 9.17) is 26.7 Å². The lowest BCUT2D eigenvalue weighted by Gasteiger charge is -2.14. The van der Waals surface area contributed by atoms with E-state index in [0.717, 1.165) is 25.1 Å². The number of hydrogen-bond acceptors (Lipinski definition) is 7. The second-order valence-corrected chi connectivity index (χ2v) is 10.1. The Kier molecular flexibility index (Phi) is 6.33. The summed E-state index contributed by atoms with van der Waals surface area (Å²) in [6.45, 7) is 0.752. The van der Waals surface area contributed by atoms with E-state index in [0.29, 0.717) is 36.6 Å². The van der Waals surface area contributed by atoms with E-state index >= 15 is 0 Å². The van der Waals surface area contributed by atoms with Crippen molar-refractivity contribution in [3.8, 4) is 17.1 Å². The van der Waals surface area contributed by atoms with Gasteiger partial charge < -0.3 is 9.47 Å². The fourth-order valence-corrected chi connectivity index (χ4v) is 6.14. The molecule has 3 heterocycles. The summed E-state index contributed by atoms with van der Waals surface area (Å²) in [4.78, 5) is 18.6. The molecule has 1 aliphatic rings. The molecular weight excluding hydrogens is 481 g/mol. The van der Waals surface area contributed by atoms with E-state index in [9.17, 15) is 9.18 Å². The third-order valence-corrected chi connectivity index (χ3v) is 7.82. The number of hydrogen-bond donors (Lipinski definition) is 0. The van der Waals surface area contributed by atoms with Crippen molar-refractivity contribution < 1.29 is 13.9 Å². The number of fused-ring (bicyclic) bond motifs is 1. The first-order valence-corrected chi connectivity index (χ1v) is 12.6. The number of ether oxygens (including phenoxy) is 2. The number of thiazole rings is 1. The van der Waals surface area contributed by atoms with Crippen molar-refractivity contribution in [2.45, 2.75) is 24.1 Å². The predicted octanol–water partition coefficient (Wildman–Crippen LogP) is 5.39. The number of thioether (sulfide) groups is 1. The Morgan fingerprint density at radius 2 is 2.06 bits per heavy atom. The minimum absolute atomic E-state index is 0.117. The average Bonchev–Trinajstić information content (AvgIpc) is 3.46. The molecule has 33 heavy (non-hydrogen) atoms. The molecule has 2 aromatic heterocycles. The molecule has 0 saturated carbocycles. The fraction of sp³-hybridized carbons (Fsp3) is 0.261. The quantitative estimate of drug-likeness (QED) is 0.201. The fourth-order valence-electron chi connectivity index (χ4n) is 3.77. The van der Waals surface area contributed by atoms with Crippen LogP contribution in [0.5, 0.6) is 5.75 Å². The van der Waals surface area contributed by atoms with Crippen molar-refractivity contribution >= 4 is 45.7 Å². The maximum absolute atomic E-state index is 13.7. The lowest BCUT2D eigenvalue weighted by atomic mass is 10.3. The molecule has 0 amide bonds. The maximum Gasteiger partial charge on any atom is 0.278 e. The average molecular weight is 502 g/mol. The monoisotopic (exact) mass is 501 g/mol. The minimum atomic E-state index is -0.366. The largest absolute Gasteiger partial charge is 0.497 e. The SMILES string of the molecule is COc1cccc(-n2c(=S)sc3c(=O)n(-c4ccc(F)cc4)c(SCC4CCCO4)nc32)c1. The van der Waals surface area contributed by atoms with Crippen molar-refractivity contribution in [1.82, 2.24) is 14.1 Å². The van der Waals surface area contributed by atoms with Crippen LogP contribution in [0.1, 0.15) is 12.8 Å². The van der Waals surface area contributed by atoms with Gasteiger partial charge in [-0.2, -0.15) is 0 Å². The predicted molar refractivity (Wildman–Crippen MR) is 132 cm³/mol. The summed E-state index contributed by atoms with van der Waals surface area (Å²) >= 11 is 8.29. The third kappa shape index (κ3) is 4.35. The normalized spacial score (nSPS) is 15.9. The van der Waals surface area contributed by atoms with Gasteiger partial charge in [-0.1, -0.05) is 29.2 Å². The van der Waals surface area contributed by atoms with E-state index in [1.54, 1.807) is 23.8 Å². The number of halogens is 1. The van der Waals surface area contributed by atoms with Gasteiger partial charge in [0.25, 0.3) is 5.56 Å². The molecule has 1 atom stereocenters. The molecule has 5 rings (SSSR count). The maximum atomic E-state index is 13.7. The molecule has 0 N–H and O–H groups in total. The van der Waals surface area contributed by atoms with E-state index in [-0.39, 0.29) is 17.5 Å². The van der Waals surface area contributed by atoms with Gasteiger partial charge in [0.15, 0.2) is 14.8 Å². The summed E-state index contributed by atoms with van der Waals surface area (Å²) in [5, 5.41) is 0.513. The number of methoxy groups -OCH3 is 1. The van der Waals surface area contributed by atoms with Crippen LogP contribution in [-0.2, 0) is 4.74 Å². The van der Waals surface area contributed by atoms with Crippen molar-refractivity contribution in [2.24, 2.45) is 0 Å². The summed E-state index contributed by atoms with van der Waals surface area (Å²) in [6.07, 6.45) is 2.13. The molecule has 4 aromatic rings. The first-order chi connectivity index (χ1) is 16.0. The lowest BCUT2D eigenvalue weighted by molar-refractivity contribution is 0.129. The van der Waals surface area contributed by atoms with Gasteiger partial charge in [-0.05, 0) is 61.5 Å². The molecule has 1 fully saturated rings. The van der Waals surface area contributed by atoms with Crippen LogP contribution in [0, 0.1) is 9.77 Å². The molecule has 0 spiro atoms. The van der Waals surface area contributed by atoms with Crippen molar-refractivity contribution in [3.05, 3.63) is 68.7 Å². The van der Waals surface area contributed by atoms with Gasteiger partial charge in [-0.3, -0.25) is 13.9 Å². The van der Waals surface area contributed by atoms with E-state index in [1.807, 2.05) is 24.3 Å². The minimum Gasteiger partial charge on any atom is -0.497 e. The van der Waals surface area contributed by atoms with Gasteiger partial charge in [0, 0.05) is 18.4 Å². The van der Waals surface area contributed by atoms with Crippen LogP contribution in [0.4, 0.5) is 4.39 Å². The third-order valence-electron chi connectivity index (χ3n) is 5.40. The molecule has 170 valence electrons. The number of rotatable bonds is 6. The van der Waals surface area contributed by atoms with Gasteiger partial charge >= 0.3 is 0 Å². The van der Waals surface area contributed by atoms with Crippen LogP contribution in [0.2, 0.25) is 0 Å². The van der Waals surface area contributed by atoms with Crippen LogP contribution in [-0.4, -0.2) is 39.7 Å². The molecule has 0 radical (unpaired) electrons. The van der Waals surface area contributed by atoms with Gasteiger partial charge in [-0.15, -0.1) is 0 Å². The van der Waals surface area contributed by atoms with E-state index < -0.39 is 0 Å². The molecule has 2 aromatic carbocycles. The highest BCUT2D eigenvalue weighted by Gasteiger charge is 2.22. The highest BCUT2D eigenvalue weighted by atomic mass is 32.2. The van der Waals surface area contributed by atoms with E-state index in [2.05, 4.69) is 0 Å². The molecule has 0 bridgehead atoms. The van der Waals surface area contributed by atoms with Crippen LogP contribution in [0.15, 0.2) is 58.5 Å². The standard InChI is InChI=1S/C23H20FN3O3S3/c1-29-17-5-2-4-16(12-17)26-20-19(33-23(26)31)21(28)27(15-9-7-14(24)8-10-15)22(25-20)32-13-18-6-3-11-30-18/h2,4-5,7-10,12,18H,3,6,11,13H2,1H3. The van der Waals surface area contributed by atoms with Crippen molar-refractivity contribution in [3.63, 3.8) is 0 Å². The second-order valence-electron chi connectivity index (χ2n) is 7.51. The van der Waals surface area contributed by atoms with Crippen LogP contribution in [0.3, 0.4) is 0 Å². The van der Waals surface area contributed by atoms with Crippen LogP contribution < -0.4 is 10.3 Å². The number of aromatic nitrogens is 3. The molecule has 1 saturated heterocycles. The summed E-state index contributed by atoms with van der Waals surface area (Å²) in [6, 6.07) is 13.3. The van der Waals surface area contributed by atoms with Gasteiger partial charge in [0.2, 0.25) is 0 Å². The Labute approximate surface area is 202 Å². The molecule has 10 heteroatoms. The highest BCUT2D eigenvalue weighted by molar-refractivity contribution is 7.99. The molecule has 6 nitrogen and oxygen atoms in total. The molecule has 1 unspecified atom stereocenters. The van der Waals surface area contributed by atoms with Gasteiger partial charge in [-0.25, -0.2) is 9.37 Å². The number of benzene rings is 2. The first-order valence-electron chi connectivity index (χ1n) is 10.4. The zero-order valence-corrected chi connectivity index (χ0v) is 20.1. The van der Waals surface area contributed by atoms with Gasteiger partial charge in [0.1, 0.15) is 16.3 Å². The molecular formula is C23H20FN3O3S3. The Morgan fingerprint density at radius 3 is 2.79 bits per heavy atom. The topological polar surface area (TPSA) is 58.3 Å². The molecule has 1 aliphatic heterocycles. The zero-order chi connectivity index (χ0) is 22.9. The van der Waals surface area contributed by atoms with Crippen molar-refractivity contribution in [1.29, 1.82) is 0 Å². The van der Waals surface area contributed by atoms with Gasteiger partial charge in [0.05, 0.1) is 24.6 Å². The van der Waals surface area contributed by atoms with Crippen LogP contribution in [0.25, 0.3) is 21.7 Å². The summed E-state index contributed by atoms with van der Waals surface area (Å²) < 4.78 is 29.0. The zero-order valence-electron chi connectivity index (χ0n) is 17.7. The molecule has 0 aliphatic carbocycles. The van der Waals surface area contributed by atoms with Crippen LogP contribution >= 0.6 is 35.3 Å². The Balaban J connectivity index is 1.70. The summed E-state index contributed by atoms with van der Waals surface area (Å²) in [5.74, 6) is 0.985. The lowest BCUT2D eigenvalue weighted by Crippen LogP contribution is -2.22. The first kappa shape index (κ1) is 22.3. The summed E-state index contributed by atoms with van der Waals surface area (Å²) in [5.41, 5.74) is 1.58. The summed E-state index contributed by atoms with van der Waals surface area (Å²) in [7, 11) is 1.60. The van der Waals surface area contributed by atoms with E-state index in [1.165, 1.54) is 39.8 Å².